The Labute approximate surface area is 193 Å². The summed E-state index contributed by atoms with van der Waals surface area (Å²) in [6, 6.07) is -6.14. The standard InChI is InChI=1S/C17H29N7O10/c1-8(26)11-15(30)23-24-16(31)12(13(18)28)22-17(32)20-9(6-25)14(29)19-2-3-33-4-5-34-7-10(27)21-11/h8-9,11-12,25-26H,2-7H2,1H3,(H2,18,28)(H,19,29)(H,21,27)(H,23,30)(H,24,31)(H2,20,22,32)/t8-,9-,11+,12-/m1/s1. The van der Waals surface area contributed by atoms with E-state index in [-0.39, 0.29) is 26.4 Å². The Hall–Kier alpha value is -3.54. The van der Waals surface area contributed by atoms with Crippen LogP contribution >= 0.6 is 0 Å². The molecule has 4 atom stereocenters. The lowest BCUT2D eigenvalue weighted by molar-refractivity contribution is -0.137. The summed E-state index contributed by atoms with van der Waals surface area (Å²) < 4.78 is 10.3. The molecule has 192 valence electrons. The van der Waals surface area contributed by atoms with Crippen molar-refractivity contribution < 1.29 is 48.5 Å². The molecule has 1 fully saturated rings. The van der Waals surface area contributed by atoms with Crippen molar-refractivity contribution >= 4 is 35.6 Å². The van der Waals surface area contributed by atoms with Crippen molar-refractivity contribution in [2.75, 3.05) is 39.6 Å². The molecule has 1 rings (SSSR count). The molecule has 0 saturated carbocycles. The number of amides is 7. The summed E-state index contributed by atoms with van der Waals surface area (Å²) >= 11 is 0. The second-order valence-corrected chi connectivity index (χ2v) is 6.91. The molecule has 1 saturated heterocycles. The van der Waals surface area contributed by atoms with Crippen LogP contribution in [0.15, 0.2) is 0 Å². The average molecular weight is 491 g/mol. The number of aliphatic hydroxyl groups excluding tert-OH is 2. The van der Waals surface area contributed by atoms with E-state index >= 15 is 0 Å². The maximum Gasteiger partial charge on any atom is 0.316 e. The van der Waals surface area contributed by atoms with Gasteiger partial charge < -0.3 is 46.7 Å². The molecule has 1 aliphatic heterocycles. The van der Waals surface area contributed by atoms with E-state index in [0.717, 1.165) is 0 Å². The van der Waals surface area contributed by atoms with Crippen LogP contribution in [0.2, 0.25) is 0 Å². The number of carbonyl (C=O) groups is 6. The Bertz CT molecular complexity index is 763. The highest BCUT2D eigenvalue weighted by Crippen LogP contribution is 1.94. The van der Waals surface area contributed by atoms with Crippen LogP contribution in [-0.2, 0) is 33.4 Å². The van der Waals surface area contributed by atoms with Crippen LogP contribution in [0, 0.1) is 0 Å². The van der Waals surface area contributed by atoms with Crippen LogP contribution in [0.4, 0.5) is 4.79 Å². The molecule has 0 aromatic rings. The summed E-state index contributed by atoms with van der Waals surface area (Å²) in [5.74, 6) is -5.19. The van der Waals surface area contributed by atoms with Gasteiger partial charge in [0, 0.05) is 6.54 Å². The highest BCUT2D eigenvalue weighted by atomic mass is 16.5. The summed E-state index contributed by atoms with van der Waals surface area (Å²) in [6.45, 7) is 0.0387. The van der Waals surface area contributed by atoms with Crippen LogP contribution in [0.3, 0.4) is 0 Å². The Balaban J connectivity index is 2.96. The number of hydrazine groups is 1. The predicted octanol–water partition coefficient (Wildman–Crippen LogP) is -6.32. The van der Waals surface area contributed by atoms with E-state index in [4.69, 9.17) is 15.2 Å². The minimum absolute atomic E-state index is 0.00152. The van der Waals surface area contributed by atoms with Crippen LogP contribution in [0.25, 0.3) is 0 Å². The number of rotatable bonds is 3. The highest BCUT2D eigenvalue weighted by Gasteiger charge is 2.31. The zero-order chi connectivity index (χ0) is 25.7. The van der Waals surface area contributed by atoms with Gasteiger partial charge in [-0.2, -0.15) is 0 Å². The first-order chi connectivity index (χ1) is 16.1. The van der Waals surface area contributed by atoms with Crippen molar-refractivity contribution in [3.63, 3.8) is 0 Å². The maximum atomic E-state index is 12.3. The van der Waals surface area contributed by atoms with Gasteiger partial charge in [-0.3, -0.25) is 34.8 Å². The van der Waals surface area contributed by atoms with Gasteiger partial charge in [-0.15, -0.1) is 0 Å². The zero-order valence-corrected chi connectivity index (χ0v) is 18.3. The second kappa shape index (κ2) is 14.6. The summed E-state index contributed by atoms with van der Waals surface area (Å²) in [7, 11) is 0. The third-order valence-corrected chi connectivity index (χ3v) is 4.17. The minimum Gasteiger partial charge on any atom is -0.394 e. The van der Waals surface area contributed by atoms with Crippen molar-refractivity contribution in [2.24, 2.45) is 5.73 Å². The van der Waals surface area contributed by atoms with E-state index < -0.39 is 73.0 Å². The third kappa shape index (κ3) is 9.94. The average Bonchev–Trinajstić information content (AvgIpc) is 2.78. The lowest BCUT2D eigenvalue weighted by Gasteiger charge is -2.22. The smallest absolute Gasteiger partial charge is 0.316 e. The highest BCUT2D eigenvalue weighted by molar-refractivity contribution is 6.06. The number of primary amides is 1. The minimum atomic E-state index is -2.00. The fraction of sp³-hybridized carbons (Fsp3) is 0.647. The number of ether oxygens (including phenoxy) is 2. The molecule has 0 spiro atoms. The van der Waals surface area contributed by atoms with Crippen LogP contribution < -0.4 is 37.9 Å². The molecule has 1 aliphatic rings. The fourth-order valence-electron chi connectivity index (χ4n) is 2.44. The Kier molecular flexibility index (Phi) is 12.2. The molecule has 1 heterocycles. The Morgan fingerprint density at radius 3 is 2.26 bits per heavy atom. The van der Waals surface area contributed by atoms with Crippen molar-refractivity contribution in [3.05, 3.63) is 0 Å². The van der Waals surface area contributed by atoms with Crippen LogP contribution in [-0.4, -0.2) is 110 Å². The Morgan fingerprint density at radius 1 is 1.00 bits per heavy atom. The van der Waals surface area contributed by atoms with Gasteiger partial charge in [0.15, 0.2) is 6.04 Å². The largest absolute Gasteiger partial charge is 0.394 e. The molecule has 0 aromatic heterocycles. The van der Waals surface area contributed by atoms with E-state index in [1.54, 1.807) is 0 Å². The summed E-state index contributed by atoms with van der Waals surface area (Å²) in [5, 5.41) is 27.7. The number of urea groups is 1. The topological polar surface area (TPSA) is 260 Å². The van der Waals surface area contributed by atoms with Gasteiger partial charge in [-0.1, -0.05) is 0 Å². The van der Waals surface area contributed by atoms with Crippen LogP contribution in [0.5, 0.6) is 0 Å². The fourth-order valence-corrected chi connectivity index (χ4v) is 2.44. The first-order valence-corrected chi connectivity index (χ1v) is 10.0. The van der Waals surface area contributed by atoms with Crippen molar-refractivity contribution in [3.8, 4) is 0 Å². The molecular weight excluding hydrogens is 462 g/mol. The summed E-state index contributed by atoms with van der Waals surface area (Å²) in [6.07, 6.45) is -1.39. The van der Waals surface area contributed by atoms with Gasteiger partial charge in [0.2, 0.25) is 17.7 Å². The number of carbonyl (C=O) groups excluding carboxylic acids is 6. The van der Waals surface area contributed by atoms with E-state index in [0.29, 0.717) is 0 Å². The number of nitrogens with one attached hydrogen (secondary N) is 6. The molecule has 17 nitrogen and oxygen atoms in total. The van der Waals surface area contributed by atoms with Gasteiger partial charge in [0.1, 0.15) is 18.7 Å². The lowest BCUT2D eigenvalue weighted by Crippen LogP contribution is -2.63. The van der Waals surface area contributed by atoms with E-state index in [1.807, 2.05) is 16.2 Å². The van der Waals surface area contributed by atoms with Gasteiger partial charge in [-0.05, 0) is 6.92 Å². The lowest BCUT2D eigenvalue weighted by atomic mass is 10.1. The second-order valence-electron chi connectivity index (χ2n) is 6.91. The van der Waals surface area contributed by atoms with Gasteiger partial charge >= 0.3 is 6.03 Å². The Morgan fingerprint density at radius 2 is 1.65 bits per heavy atom. The van der Waals surface area contributed by atoms with E-state index in [9.17, 15) is 39.0 Å². The predicted molar refractivity (Wildman–Crippen MR) is 110 cm³/mol. The third-order valence-electron chi connectivity index (χ3n) is 4.17. The molecule has 17 heteroatoms. The van der Waals surface area contributed by atoms with E-state index in [1.165, 1.54) is 6.92 Å². The van der Waals surface area contributed by atoms with Crippen molar-refractivity contribution in [1.82, 2.24) is 32.1 Å². The summed E-state index contributed by atoms with van der Waals surface area (Å²) in [4.78, 5) is 72.2. The number of hydrogen-bond donors (Lipinski definition) is 9. The molecule has 10 N–H and O–H groups in total. The SMILES string of the molecule is C[C@@H](O)[C@@H]1NC(=O)COCCOCCNC(=O)[C@@H](CO)NC(=O)N[C@H](C(N)=O)C(=O)NNC1=O. The molecule has 0 radical (unpaired) electrons. The molecule has 0 unspecified atom stereocenters. The molecule has 0 aromatic carbocycles. The zero-order valence-electron chi connectivity index (χ0n) is 18.3. The quantitative estimate of drug-likeness (QED) is 0.169. The molecule has 7 amide bonds. The number of hydrogen-bond acceptors (Lipinski definition) is 10. The monoisotopic (exact) mass is 491 g/mol. The maximum absolute atomic E-state index is 12.3. The van der Waals surface area contributed by atoms with E-state index in [2.05, 4.69) is 16.0 Å². The summed E-state index contributed by atoms with van der Waals surface area (Å²) in [5.41, 5.74) is 8.81. The molecule has 34 heavy (non-hydrogen) atoms. The normalized spacial score (nSPS) is 25.7. The van der Waals surface area contributed by atoms with Gasteiger partial charge in [0.25, 0.3) is 11.8 Å². The van der Waals surface area contributed by atoms with Gasteiger partial charge in [-0.25, -0.2) is 4.79 Å². The molecule has 0 bridgehead atoms. The van der Waals surface area contributed by atoms with Crippen molar-refractivity contribution in [1.29, 1.82) is 0 Å². The number of aliphatic hydroxyl groups is 2. The van der Waals surface area contributed by atoms with Gasteiger partial charge in [0.05, 0.1) is 32.5 Å². The van der Waals surface area contributed by atoms with Crippen LogP contribution in [0.1, 0.15) is 6.92 Å². The number of nitrogens with two attached hydrogens (primary N) is 1. The first kappa shape index (κ1) is 28.5. The first-order valence-electron chi connectivity index (χ1n) is 10.0. The van der Waals surface area contributed by atoms with Crippen molar-refractivity contribution in [2.45, 2.75) is 31.2 Å². The molecular formula is C17H29N7O10. The molecule has 0 aliphatic carbocycles.